The third-order valence-electron chi connectivity index (χ3n) is 3.86. The molecular formula is C14H19F2N3. The average molecular weight is 267 g/mol. The average Bonchev–Trinajstić information content (AvgIpc) is 2.65. The summed E-state index contributed by atoms with van der Waals surface area (Å²) in [5.41, 5.74) is 5.07. The molecule has 5 heteroatoms. The summed E-state index contributed by atoms with van der Waals surface area (Å²) >= 11 is 0. The van der Waals surface area contributed by atoms with Crippen LogP contribution >= 0.6 is 0 Å². The van der Waals surface area contributed by atoms with Gasteiger partial charge in [-0.1, -0.05) is 13.0 Å². The predicted octanol–water partition coefficient (Wildman–Crippen LogP) is 2.61. The van der Waals surface area contributed by atoms with Gasteiger partial charge in [0.15, 0.2) is 5.96 Å². The van der Waals surface area contributed by atoms with Crippen LogP contribution in [0.25, 0.3) is 0 Å². The van der Waals surface area contributed by atoms with E-state index in [1.165, 1.54) is 18.2 Å². The summed E-state index contributed by atoms with van der Waals surface area (Å²) in [5.74, 6) is -0.763. The van der Waals surface area contributed by atoms with Gasteiger partial charge in [0.25, 0.3) is 0 Å². The molecule has 1 aromatic carbocycles. The lowest BCUT2D eigenvalue weighted by Gasteiger charge is -2.40. The van der Waals surface area contributed by atoms with E-state index in [0.29, 0.717) is 5.96 Å². The maximum absolute atomic E-state index is 14.1. The van der Waals surface area contributed by atoms with Gasteiger partial charge in [-0.05, 0) is 32.4 Å². The molecule has 3 nitrogen and oxygen atoms in total. The van der Waals surface area contributed by atoms with Crippen LogP contribution in [0.5, 0.6) is 0 Å². The second-order valence-corrected chi connectivity index (χ2v) is 5.17. The van der Waals surface area contributed by atoms with E-state index in [-0.39, 0.29) is 18.2 Å². The molecule has 0 fully saturated rings. The molecule has 0 radical (unpaired) electrons. The second-order valence-electron chi connectivity index (χ2n) is 5.17. The Balaban J connectivity index is 2.53. The molecule has 104 valence electrons. The molecule has 2 atom stereocenters. The maximum atomic E-state index is 14.1. The molecule has 1 aliphatic rings. The van der Waals surface area contributed by atoms with Crippen LogP contribution < -0.4 is 5.73 Å². The Bertz CT molecular complexity index is 495. The van der Waals surface area contributed by atoms with Gasteiger partial charge in [0.1, 0.15) is 11.6 Å². The van der Waals surface area contributed by atoms with E-state index in [2.05, 4.69) is 4.99 Å². The van der Waals surface area contributed by atoms with Crippen molar-refractivity contribution in [2.75, 3.05) is 6.54 Å². The lowest BCUT2D eigenvalue weighted by molar-refractivity contribution is 0.161. The first-order valence-electron chi connectivity index (χ1n) is 6.45. The number of guanidine groups is 1. The summed E-state index contributed by atoms with van der Waals surface area (Å²) in [4.78, 5) is 6.00. The predicted molar refractivity (Wildman–Crippen MR) is 71.8 cm³/mol. The molecule has 0 aromatic heterocycles. The van der Waals surface area contributed by atoms with Gasteiger partial charge in [-0.3, -0.25) is 4.99 Å². The molecule has 2 rings (SSSR count). The number of rotatable bonds is 3. The normalized spacial score (nSPS) is 24.5. The second kappa shape index (κ2) is 4.79. The third kappa shape index (κ3) is 2.07. The van der Waals surface area contributed by atoms with Crippen molar-refractivity contribution in [3.63, 3.8) is 0 Å². The Labute approximate surface area is 112 Å². The van der Waals surface area contributed by atoms with Gasteiger partial charge < -0.3 is 10.6 Å². The highest BCUT2D eigenvalue weighted by Gasteiger charge is 2.44. The van der Waals surface area contributed by atoms with Crippen molar-refractivity contribution >= 4 is 5.96 Å². The zero-order valence-electron chi connectivity index (χ0n) is 11.5. The van der Waals surface area contributed by atoms with Crippen LogP contribution in [0.15, 0.2) is 23.2 Å². The van der Waals surface area contributed by atoms with Gasteiger partial charge in [-0.15, -0.1) is 0 Å². The van der Waals surface area contributed by atoms with E-state index < -0.39 is 17.2 Å². The zero-order valence-corrected chi connectivity index (χ0v) is 11.5. The van der Waals surface area contributed by atoms with Crippen molar-refractivity contribution in [2.45, 2.75) is 38.8 Å². The highest BCUT2D eigenvalue weighted by atomic mass is 19.1. The highest BCUT2D eigenvalue weighted by Crippen LogP contribution is 2.37. The summed E-state index contributed by atoms with van der Waals surface area (Å²) in [6, 6.07) is 3.97. The molecule has 1 heterocycles. The van der Waals surface area contributed by atoms with Crippen molar-refractivity contribution < 1.29 is 8.78 Å². The number of hydrogen-bond donors (Lipinski definition) is 1. The van der Waals surface area contributed by atoms with E-state index >= 15 is 0 Å². The van der Waals surface area contributed by atoms with E-state index in [4.69, 9.17) is 5.73 Å². The lowest BCUT2D eigenvalue weighted by atomic mass is 9.88. The SMILES string of the molecule is CCC(C)N1C(N)=NCC1(C)c1c(F)cccc1F. The summed E-state index contributed by atoms with van der Waals surface area (Å²) in [5, 5.41) is 0. The molecule has 2 unspecified atom stereocenters. The molecule has 1 aromatic rings. The number of nitrogens with zero attached hydrogens (tertiary/aromatic N) is 2. The van der Waals surface area contributed by atoms with E-state index in [1.807, 2.05) is 18.7 Å². The summed E-state index contributed by atoms with van der Waals surface area (Å²) in [6.45, 7) is 6.03. The van der Waals surface area contributed by atoms with Crippen LogP contribution in [-0.4, -0.2) is 23.4 Å². The Morgan fingerprint density at radius 3 is 2.53 bits per heavy atom. The minimum Gasteiger partial charge on any atom is -0.370 e. The maximum Gasteiger partial charge on any atom is 0.192 e. The minimum atomic E-state index is -0.866. The molecule has 19 heavy (non-hydrogen) atoms. The summed E-state index contributed by atoms with van der Waals surface area (Å²) < 4.78 is 28.1. The van der Waals surface area contributed by atoms with Crippen LogP contribution in [0.1, 0.15) is 32.8 Å². The number of halogens is 2. The van der Waals surface area contributed by atoms with E-state index in [0.717, 1.165) is 6.42 Å². The van der Waals surface area contributed by atoms with Gasteiger partial charge in [-0.25, -0.2) is 8.78 Å². The molecule has 0 saturated carbocycles. The third-order valence-corrected chi connectivity index (χ3v) is 3.86. The fraction of sp³-hybridized carbons (Fsp3) is 0.500. The quantitative estimate of drug-likeness (QED) is 0.914. The lowest BCUT2D eigenvalue weighted by Crippen LogP contribution is -2.52. The van der Waals surface area contributed by atoms with Crippen LogP contribution in [0.4, 0.5) is 8.78 Å². The first-order chi connectivity index (χ1) is 8.91. The van der Waals surface area contributed by atoms with E-state index in [9.17, 15) is 8.78 Å². The topological polar surface area (TPSA) is 41.6 Å². The van der Waals surface area contributed by atoms with Crippen molar-refractivity contribution in [2.24, 2.45) is 10.7 Å². The van der Waals surface area contributed by atoms with Crippen molar-refractivity contribution in [3.8, 4) is 0 Å². The van der Waals surface area contributed by atoms with Gasteiger partial charge >= 0.3 is 0 Å². The van der Waals surface area contributed by atoms with Crippen LogP contribution in [0, 0.1) is 11.6 Å². The number of nitrogens with two attached hydrogens (primary N) is 1. The smallest absolute Gasteiger partial charge is 0.192 e. The fourth-order valence-electron chi connectivity index (χ4n) is 2.75. The Morgan fingerprint density at radius 1 is 1.42 bits per heavy atom. The van der Waals surface area contributed by atoms with E-state index in [1.54, 1.807) is 6.92 Å². The van der Waals surface area contributed by atoms with Crippen LogP contribution in [0.2, 0.25) is 0 Å². The molecule has 1 aliphatic heterocycles. The number of hydrogen-bond acceptors (Lipinski definition) is 3. The van der Waals surface area contributed by atoms with Crippen molar-refractivity contribution in [1.29, 1.82) is 0 Å². The molecule has 0 amide bonds. The Hall–Kier alpha value is -1.65. The summed E-state index contributed by atoms with van der Waals surface area (Å²) in [6.07, 6.45) is 0.821. The number of aliphatic imine (C=N–C) groups is 1. The largest absolute Gasteiger partial charge is 0.370 e. The molecular weight excluding hydrogens is 248 g/mol. The van der Waals surface area contributed by atoms with Crippen molar-refractivity contribution in [3.05, 3.63) is 35.4 Å². The fourth-order valence-corrected chi connectivity index (χ4v) is 2.75. The van der Waals surface area contributed by atoms with Gasteiger partial charge in [0, 0.05) is 6.04 Å². The number of benzene rings is 1. The molecule has 0 spiro atoms. The first-order valence-corrected chi connectivity index (χ1v) is 6.45. The van der Waals surface area contributed by atoms with Crippen LogP contribution in [0.3, 0.4) is 0 Å². The van der Waals surface area contributed by atoms with Crippen molar-refractivity contribution in [1.82, 2.24) is 4.90 Å². The molecule has 2 N–H and O–H groups in total. The van der Waals surface area contributed by atoms with Gasteiger partial charge in [0.05, 0.1) is 17.6 Å². The molecule has 0 bridgehead atoms. The minimum absolute atomic E-state index is 0.0412. The Kier molecular flexibility index (Phi) is 3.47. The van der Waals surface area contributed by atoms with Gasteiger partial charge in [-0.2, -0.15) is 0 Å². The highest BCUT2D eigenvalue weighted by molar-refractivity contribution is 5.81. The first kappa shape index (κ1) is 13.8. The molecule has 0 aliphatic carbocycles. The monoisotopic (exact) mass is 267 g/mol. The van der Waals surface area contributed by atoms with Crippen LogP contribution in [-0.2, 0) is 5.54 Å². The zero-order chi connectivity index (χ0) is 14.2. The Morgan fingerprint density at radius 2 is 2.00 bits per heavy atom. The standard InChI is InChI=1S/C14H19F2N3/c1-4-9(2)19-13(17)18-8-14(19,3)12-10(15)6-5-7-11(12)16/h5-7,9H,4,8H2,1-3H3,(H2,17,18). The van der Waals surface area contributed by atoms with Gasteiger partial charge in [0.2, 0.25) is 0 Å². The molecule has 0 saturated heterocycles. The summed E-state index contributed by atoms with van der Waals surface area (Å²) in [7, 11) is 0.